The maximum absolute atomic E-state index is 12.8. The van der Waals surface area contributed by atoms with Crippen molar-refractivity contribution in [1.29, 1.82) is 0 Å². The Morgan fingerprint density at radius 3 is 2.60 bits per heavy atom. The van der Waals surface area contributed by atoms with E-state index in [1.807, 2.05) is 4.68 Å². The summed E-state index contributed by atoms with van der Waals surface area (Å²) >= 11 is 0. The number of ether oxygens (including phenoxy) is 1. The third-order valence-electron chi connectivity index (χ3n) is 4.60. The van der Waals surface area contributed by atoms with Crippen LogP contribution in [0.15, 0.2) is 30.7 Å². The molecule has 0 bridgehead atoms. The maximum atomic E-state index is 12.8. The number of morpholine rings is 1. The van der Waals surface area contributed by atoms with Gasteiger partial charge in [0.25, 0.3) is 11.8 Å². The van der Waals surface area contributed by atoms with Gasteiger partial charge in [-0.05, 0) is 12.1 Å². The highest BCUT2D eigenvalue weighted by Gasteiger charge is 2.29. The van der Waals surface area contributed by atoms with Gasteiger partial charge in [0.1, 0.15) is 0 Å². The van der Waals surface area contributed by atoms with Crippen molar-refractivity contribution < 1.29 is 14.3 Å². The van der Waals surface area contributed by atoms with Gasteiger partial charge in [-0.15, -0.1) is 0 Å². The molecule has 0 aliphatic carbocycles. The molecule has 2 aromatic heterocycles. The third-order valence-corrected chi connectivity index (χ3v) is 4.60. The molecule has 0 saturated carbocycles. The van der Waals surface area contributed by atoms with Gasteiger partial charge in [-0.1, -0.05) is 0 Å². The Labute approximate surface area is 145 Å². The summed E-state index contributed by atoms with van der Waals surface area (Å²) in [5.74, 6) is -0.120. The first-order chi connectivity index (χ1) is 12.2. The largest absolute Gasteiger partial charge is 0.378 e. The molecule has 0 unspecified atom stereocenters. The Morgan fingerprint density at radius 2 is 1.84 bits per heavy atom. The summed E-state index contributed by atoms with van der Waals surface area (Å²) in [4.78, 5) is 33.0. The zero-order valence-electron chi connectivity index (χ0n) is 13.8. The molecule has 0 N–H and O–H groups in total. The summed E-state index contributed by atoms with van der Waals surface area (Å²) in [7, 11) is 0. The summed E-state index contributed by atoms with van der Waals surface area (Å²) in [6.45, 7) is 3.80. The number of hydrogen-bond donors (Lipinski definition) is 0. The fraction of sp³-hybridized carbons (Fsp3) is 0.412. The monoisotopic (exact) mass is 341 g/mol. The Morgan fingerprint density at radius 1 is 1.00 bits per heavy atom. The molecule has 8 heteroatoms. The normalized spacial score (nSPS) is 17.3. The highest BCUT2D eigenvalue weighted by molar-refractivity contribution is 5.96. The minimum Gasteiger partial charge on any atom is -0.378 e. The smallest absolute Gasteiger partial charge is 0.257 e. The van der Waals surface area contributed by atoms with E-state index in [0.717, 1.165) is 5.69 Å². The molecule has 2 amide bonds. The predicted octanol–water partition coefficient (Wildman–Crippen LogP) is 0.407. The highest BCUT2D eigenvalue weighted by atomic mass is 16.5. The lowest BCUT2D eigenvalue weighted by Gasteiger charge is -2.30. The molecule has 2 aliphatic heterocycles. The van der Waals surface area contributed by atoms with Gasteiger partial charge < -0.3 is 14.5 Å². The van der Waals surface area contributed by atoms with Gasteiger partial charge in [0.05, 0.1) is 49.3 Å². The van der Waals surface area contributed by atoms with Crippen LogP contribution >= 0.6 is 0 Å². The fourth-order valence-corrected chi connectivity index (χ4v) is 3.21. The zero-order valence-corrected chi connectivity index (χ0v) is 13.8. The van der Waals surface area contributed by atoms with Crippen molar-refractivity contribution in [3.05, 3.63) is 47.5 Å². The average Bonchev–Trinajstić information content (AvgIpc) is 3.11. The zero-order chi connectivity index (χ0) is 17.2. The quantitative estimate of drug-likeness (QED) is 0.790. The molecular formula is C17H19N5O3. The number of carbonyl (C=O) groups excluding carboxylic acids is 2. The standard InChI is InChI=1S/C17H19N5O3/c23-16(13-2-1-3-18-10-13)21-4-5-22-15(12-21)14(11-19-22)17(24)20-6-8-25-9-7-20/h1-3,10-11H,4-9,12H2. The summed E-state index contributed by atoms with van der Waals surface area (Å²) in [5.41, 5.74) is 1.92. The number of nitrogens with zero attached hydrogens (tertiary/aromatic N) is 5. The molecule has 0 radical (unpaired) electrons. The van der Waals surface area contributed by atoms with E-state index in [4.69, 9.17) is 4.74 Å². The van der Waals surface area contributed by atoms with Crippen molar-refractivity contribution >= 4 is 11.8 Å². The molecule has 0 atom stereocenters. The van der Waals surface area contributed by atoms with Crippen LogP contribution in [0.2, 0.25) is 0 Å². The molecule has 25 heavy (non-hydrogen) atoms. The lowest BCUT2D eigenvalue weighted by molar-refractivity contribution is 0.0300. The second-order valence-corrected chi connectivity index (χ2v) is 6.10. The Balaban J connectivity index is 1.55. The maximum Gasteiger partial charge on any atom is 0.257 e. The number of rotatable bonds is 2. The highest BCUT2D eigenvalue weighted by Crippen LogP contribution is 2.20. The van der Waals surface area contributed by atoms with Crippen LogP contribution in [0.4, 0.5) is 0 Å². The minimum atomic E-state index is -0.0784. The predicted molar refractivity (Wildman–Crippen MR) is 87.9 cm³/mol. The third kappa shape index (κ3) is 3.00. The van der Waals surface area contributed by atoms with E-state index >= 15 is 0 Å². The number of carbonyl (C=O) groups is 2. The SMILES string of the molecule is O=C(c1cccnc1)N1CCn2ncc(C(=O)N3CCOCC3)c2C1. The minimum absolute atomic E-state index is 0.0415. The van der Waals surface area contributed by atoms with Gasteiger partial charge >= 0.3 is 0 Å². The number of pyridine rings is 1. The van der Waals surface area contributed by atoms with Gasteiger partial charge in [0, 0.05) is 32.0 Å². The molecule has 0 spiro atoms. The van der Waals surface area contributed by atoms with Crippen molar-refractivity contribution in [3.63, 3.8) is 0 Å². The van der Waals surface area contributed by atoms with Crippen LogP contribution in [0.25, 0.3) is 0 Å². The fourth-order valence-electron chi connectivity index (χ4n) is 3.21. The van der Waals surface area contributed by atoms with Crippen molar-refractivity contribution in [2.24, 2.45) is 0 Å². The van der Waals surface area contributed by atoms with Crippen LogP contribution in [0, 0.1) is 0 Å². The van der Waals surface area contributed by atoms with E-state index in [2.05, 4.69) is 10.1 Å². The number of aromatic nitrogens is 3. The van der Waals surface area contributed by atoms with E-state index in [1.54, 1.807) is 40.5 Å². The number of amides is 2. The average molecular weight is 341 g/mol. The molecule has 1 saturated heterocycles. The van der Waals surface area contributed by atoms with Gasteiger partial charge in [-0.3, -0.25) is 19.3 Å². The van der Waals surface area contributed by atoms with E-state index < -0.39 is 0 Å². The first-order valence-electron chi connectivity index (χ1n) is 8.35. The molecule has 4 rings (SSSR count). The van der Waals surface area contributed by atoms with Crippen molar-refractivity contribution in [3.8, 4) is 0 Å². The van der Waals surface area contributed by atoms with Crippen LogP contribution < -0.4 is 0 Å². The first-order valence-corrected chi connectivity index (χ1v) is 8.35. The summed E-state index contributed by atoms with van der Waals surface area (Å²) in [6, 6.07) is 3.50. The van der Waals surface area contributed by atoms with Crippen molar-refractivity contribution in [2.75, 3.05) is 32.8 Å². The van der Waals surface area contributed by atoms with E-state index in [1.165, 1.54) is 0 Å². The molecule has 0 aromatic carbocycles. The molecule has 8 nitrogen and oxygen atoms in total. The molecule has 4 heterocycles. The topological polar surface area (TPSA) is 80.6 Å². The van der Waals surface area contributed by atoms with Gasteiger partial charge in [0.15, 0.2) is 0 Å². The Bertz CT molecular complexity index is 783. The summed E-state index contributed by atoms with van der Waals surface area (Å²) in [5, 5.41) is 4.33. The van der Waals surface area contributed by atoms with Gasteiger partial charge in [0.2, 0.25) is 0 Å². The second-order valence-electron chi connectivity index (χ2n) is 6.10. The Hall–Kier alpha value is -2.74. The molecular weight excluding hydrogens is 322 g/mol. The summed E-state index contributed by atoms with van der Waals surface area (Å²) < 4.78 is 7.12. The number of fused-ring (bicyclic) bond motifs is 1. The van der Waals surface area contributed by atoms with E-state index in [9.17, 15) is 9.59 Å². The summed E-state index contributed by atoms with van der Waals surface area (Å²) in [6.07, 6.45) is 4.82. The number of hydrogen-bond acceptors (Lipinski definition) is 5. The van der Waals surface area contributed by atoms with Crippen LogP contribution in [0.1, 0.15) is 26.4 Å². The Kier molecular flexibility index (Phi) is 4.19. The molecule has 2 aliphatic rings. The molecule has 2 aromatic rings. The molecule has 130 valence electrons. The molecule has 1 fully saturated rings. The van der Waals surface area contributed by atoms with E-state index in [0.29, 0.717) is 57.1 Å². The first kappa shape index (κ1) is 15.8. The van der Waals surface area contributed by atoms with Crippen LogP contribution in [-0.4, -0.2) is 69.2 Å². The van der Waals surface area contributed by atoms with Crippen molar-refractivity contribution in [2.45, 2.75) is 13.1 Å². The van der Waals surface area contributed by atoms with Crippen LogP contribution in [0.5, 0.6) is 0 Å². The van der Waals surface area contributed by atoms with Crippen LogP contribution in [0.3, 0.4) is 0 Å². The van der Waals surface area contributed by atoms with Crippen LogP contribution in [-0.2, 0) is 17.8 Å². The van der Waals surface area contributed by atoms with E-state index in [-0.39, 0.29) is 11.8 Å². The lowest BCUT2D eigenvalue weighted by atomic mass is 10.1. The lowest BCUT2D eigenvalue weighted by Crippen LogP contribution is -2.42. The van der Waals surface area contributed by atoms with Gasteiger partial charge in [-0.2, -0.15) is 5.10 Å². The second kappa shape index (κ2) is 6.64. The van der Waals surface area contributed by atoms with Gasteiger partial charge in [-0.25, -0.2) is 0 Å². The van der Waals surface area contributed by atoms with Crippen molar-refractivity contribution in [1.82, 2.24) is 24.6 Å².